The van der Waals surface area contributed by atoms with Crippen LogP contribution in [-0.2, 0) is 26.2 Å². The highest BCUT2D eigenvalue weighted by Gasteiger charge is 2.32. The van der Waals surface area contributed by atoms with Crippen molar-refractivity contribution in [2.24, 2.45) is 0 Å². The summed E-state index contributed by atoms with van der Waals surface area (Å²) in [7, 11) is -2.53. The Balaban J connectivity index is 1.89. The molecular formula is C28H35N3O4S. The minimum atomic E-state index is -3.92. The summed E-state index contributed by atoms with van der Waals surface area (Å²) in [6, 6.07) is 19.3. The van der Waals surface area contributed by atoms with Crippen LogP contribution in [0.3, 0.4) is 0 Å². The number of aryl methyl sites for hydroxylation is 1. The van der Waals surface area contributed by atoms with Gasteiger partial charge in [-0.05, 0) is 55.7 Å². The van der Waals surface area contributed by atoms with Crippen LogP contribution in [0, 0.1) is 6.92 Å². The van der Waals surface area contributed by atoms with E-state index in [9.17, 15) is 18.0 Å². The number of likely N-dealkylation sites (N-methyl/N-ethyl adjacent to an activating group) is 1. The quantitative estimate of drug-likeness (QED) is 0.446. The summed E-state index contributed by atoms with van der Waals surface area (Å²) >= 11 is 0. The Morgan fingerprint density at radius 3 is 2.28 bits per heavy atom. The van der Waals surface area contributed by atoms with Gasteiger partial charge in [-0.3, -0.25) is 9.59 Å². The second-order valence-corrected chi connectivity index (χ2v) is 11.4. The lowest BCUT2D eigenvalue weighted by molar-refractivity contribution is -0.141. The van der Waals surface area contributed by atoms with Crippen molar-refractivity contribution in [2.45, 2.75) is 57.6 Å². The van der Waals surface area contributed by atoms with Crippen LogP contribution in [0.4, 0.5) is 0 Å². The molecule has 3 aromatic carbocycles. The fraction of sp³-hybridized carbons (Fsp3) is 0.357. The molecule has 3 rings (SSSR count). The maximum atomic E-state index is 13.6. The van der Waals surface area contributed by atoms with Crippen molar-refractivity contribution in [1.29, 1.82) is 0 Å². The number of nitrogens with one attached hydrogen (secondary N) is 1. The minimum absolute atomic E-state index is 0.0848. The zero-order chi connectivity index (χ0) is 26.5. The summed E-state index contributed by atoms with van der Waals surface area (Å²) in [5.41, 5.74) is 1.91. The van der Waals surface area contributed by atoms with E-state index in [-0.39, 0.29) is 29.9 Å². The van der Waals surface area contributed by atoms with E-state index in [0.29, 0.717) is 6.42 Å². The fourth-order valence-corrected chi connectivity index (χ4v) is 5.34. The predicted molar refractivity (Wildman–Crippen MR) is 143 cm³/mol. The van der Waals surface area contributed by atoms with Gasteiger partial charge < -0.3 is 10.2 Å². The van der Waals surface area contributed by atoms with E-state index in [0.717, 1.165) is 26.2 Å². The molecule has 0 heterocycles. The van der Waals surface area contributed by atoms with E-state index in [4.69, 9.17) is 0 Å². The lowest BCUT2D eigenvalue weighted by Crippen LogP contribution is -2.52. The number of hydrogen-bond acceptors (Lipinski definition) is 4. The Hall–Kier alpha value is -3.23. The molecule has 3 aromatic rings. The number of amides is 2. The average molecular weight is 510 g/mol. The zero-order valence-electron chi connectivity index (χ0n) is 21.6. The fourth-order valence-electron chi connectivity index (χ4n) is 4.18. The van der Waals surface area contributed by atoms with Gasteiger partial charge in [0.05, 0.1) is 11.4 Å². The van der Waals surface area contributed by atoms with Gasteiger partial charge in [0, 0.05) is 19.6 Å². The maximum absolute atomic E-state index is 13.6. The van der Waals surface area contributed by atoms with Crippen molar-refractivity contribution in [1.82, 2.24) is 14.5 Å². The van der Waals surface area contributed by atoms with E-state index in [1.165, 1.54) is 11.9 Å². The smallest absolute Gasteiger partial charge is 0.243 e. The molecule has 8 heteroatoms. The van der Waals surface area contributed by atoms with Crippen LogP contribution in [0.25, 0.3) is 10.8 Å². The van der Waals surface area contributed by atoms with Crippen LogP contribution in [-0.4, -0.2) is 55.1 Å². The summed E-state index contributed by atoms with van der Waals surface area (Å²) < 4.78 is 27.7. The largest absolute Gasteiger partial charge is 0.352 e. The lowest BCUT2D eigenvalue weighted by Gasteiger charge is -2.32. The summed E-state index contributed by atoms with van der Waals surface area (Å²) in [5.74, 6) is -0.692. The Morgan fingerprint density at radius 2 is 1.64 bits per heavy atom. The summed E-state index contributed by atoms with van der Waals surface area (Å²) in [6.07, 6.45) is 0.400. The number of hydrogen-bond donors (Lipinski definition) is 1. The Bertz CT molecular complexity index is 1340. The van der Waals surface area contributed by atoms with Crippen LogP contribution in [0.1, 0.15) is 38.3 Å². The van der Waals surface area contributed by atoms with Gasteiger partial charge in [-0.2, -0.15) is 4.31 Å². The molecule has 192 valence electrons. The molecule has 0 aliphatic carbocycles. The van der Waals surface area contributed by atoms with Gasteiger partial charge in [0.2, 0.25) is 21.8 Å². The predicted octanol–water partition coefficient (Wildman–Crippen LogP) is 4.10. The topological polar surface area (TPSA) is 86.8 Å². The van der Waals surface area contributed by atoms with Gasteiger partial charge in [0.15, 0.2) is 0 Å². The number of fused-ring (bicyclic) bond motifs is 1. The van der Waals surface area contributed by atoms with E-state index in [1.54, 1.807) is 18.2 Å². The Kier molecular flexibility index (Phi) is 8.87. The van der Waals surface area contributed by atoms with Gasteiger partial charge in [-0.15, -0.1) is 0 Å². The first-order valence-corrected chi connectivity index (χ1v) is 13.6. The first-order valence-electron chi connectivity index (χ1n) is 12.1. The molecule has 2 amide bonds. The van der Waals surface area contributed by atoms with Crippen LogP contribution in [0.2, 0.25) is 0 Å². The van der Waals surface area contributed by atoms with Crippen LogP contribution in [0.15, 0.2) is 71.6 Å². The highest BCUT2D eigenvalue weighted by atomic mass is 32.2. The molecule has 1 N–H and O–H groups in total. The van der Waals surface area contributed by atoms with Crippen molar-refractivity contribution < 1.29 is 18.0 Å². The van der Waals surface area contributed by atoms with E-state index in [1.807, 2.05) is 76.2 Å². The van der Waals surface area contributed by atoms with E-state index < -0.39 is 22.0 Å². The zero-order valence-corrected chi connectivity index (χ0v) is 22.4. The third-order valence-corrected chi connectivity index (χ3v) is 7.84. The molecule has 0 bridgehead atoms. The highest BCUT2D eigenvalue weighted by molar-refractivity contribution is 7.89. The SMILES string of the molecule is CCC(C(=O)NC(C)C)N(Cc1cccc(C)c1)C(=O)CN(C)S(=O)(=O)c1ccc2ccccc2c1. The summed E-state index contributed by atoms with van der Waals surface area (Å²) in [6.45, 7) is 7.35. The monoisotopic (exact) mass is 509 g/mol. The molecule has 0 aromatic heterocycles. The average Bonchev–Trinajstić information content (AvgIpc) is 2.83. The van der Waals surface area contributed by atoms with Gasteiger partial charge in [0.25, 0.3) is 0 Å². The molecule has 0 saturated heterocycles. The maximum Gasteiger partial charge on any atom is 0.243 e. The molecule has 7 nitrogen and oxygen atoms in total. The normalized spacial score (nSPS) is 12.6. The number of carbonyl (C=O) groups excluding carboxylic acids is 2. The molecule has 1 unspecified atom stereocenters. The van der Waals surface area contributed by atoms with E-state index >= 15 is 0 Å². The van der Waals surface area contributed by atoms with E-state index in [2.05, 4.69) is 5.32 Å². The molecule has 0 fully saturated rings. The third-order valence-electron chi connectivity index (χ3n) is 6.04. The van der Waals surface area contributed by atoms with Crippen LogP contribution < -0.4 is 5.32 Å². The van der Waals surface area contributed by atoms with Gasteiger partial charge >= 0.3 is 0 Å². The molecule has 0 aliphatic heterocycles. The molecule has 36 heavy (non-hydrogen) atoms. The van der Waals surface area contributed by atoms with Crippen LogP contribution >= 0.6 is 0 Å². The van der Waals surface area contributed by atoms with Crippen molar-refractivity contribution in [2.75, 3.05) is 13.6 Å². The van der Waals surface area contributed by atoms with Crippen LogP contribution in [0.5, 0.6) is 0 Å². The number of rotatable bonds is 10. The Morgan fingerprint density at radius 1 is 0.944 bits per heavy atom. The number of nitrogens with zero attached hydrogens (tertiary/aromatic N) is 2. The van der Waals surface area contributed by atoms with Crippen molar-refractivity contribution in [3.63, 3.8) is 0 Å². The lowest BCUT2D eigenvalue weighted by atomic mass is 10.1. The summed E-state index contributed by atoms with van der Waals surface area (Å²) in [4.78, 5) is 28.1. The number of sulfonamides is 1. The van der Waals surface area contributed by atoms with Gasteiger partial charge in [-0.1, -0.05) is 67.1 Å². The third kappa shape index (κ3) is 6.50. The summed E-state index contributed by atoms with van der Waals surface area (Å²) in [5, 5.41) is 4.62. The minimum Gasteiger partial charge on any atom is -0.352 e. The van der Waals surface area contributed by atoms with Crippen molar-refractivity contribution in [3.05, 3.63) is 77.9 Å². The molecule has 0 spiro atoms. The van der Waals surface area contributed by atoms with Crippen molar-refractivity contribution >= 4 is 32.6 Å². The molecule has 1 atom stereocenters. The first kappa shape index (κ1) is 27.4. The molecule has 0 radical (unpaired) electrons. The molecule has 0 aliphatic rings. The number of carbonyl (C=O) groups is 2. The standard InChI is InChI=1S/C28H35N3O4S/c1-6-26(28(33)29-20(2)3)31(18-22-11-9-10-21(4)16-22)27(32)19-30(5)36(34,35)25-15-14-23-12-7-8-13-24(23)17-25/h7-17,20,26H,6,18-19H2,1-5H3,(H,29,33). The second-order valence-electron chi connectivity index (χ2n) is 9.37. The first-order chi connectivity index (χ1) is 17.0. The number of benzene rings is 3. The molecule has 0 saturated carbocycles. The van der Waals surface area contributed by atoms with Gasteiger partial charge in [-0.25, -0.2) is 8.42 Å². The van der Waals surface area contributed by atoms with Crippen molar-refractivity contribution in [3.8, 4) is 0 Å². The second kappa shape index (κ2) is 11.7. The highest BCUT2D eigenvalue weighted by Crippen LogP contribution is 2.22. The van der Waals surface area contributed by atoms with Gasteiger partial charge in [0.1, 0.15) is 6.04 Å². The Labute approximate surface area is 214 Å². The molecular weight excluding hydrogens is 474 g/mol.